The molecule has 0 atom stereocenters. The fourth-order valence-corrected chi connectivity index (χ4v) is 4.11. The summed E-state index contributed by atoms with van der Waals surface area (Å²) in [7, 11) is 0. The van der Waals surface area contributed by atoms with Crippen molar-refractivity contribution in [3.05, 3.63) is 59.7 Å². The van der Waals surface area contributed by atoms with Crippen LogP contribution < -0.4 is 0 Å². The van der Waals surface area contributed by atoms with E-state index in [1.165, 1.54) is 43.4 Å². The third kappa shape index (κ3) is 2.19. The van der Waals surface area contributed by atoms with Crippen LogP contribution in [-0.2, 0) is 17.6 Å². The van der Waals surface area contributed by atoms with Crippen LogP contribution in [0.3, 0.4) is 0 Å². The Morgan fingerprint density at radius 1 is 0.565 bits per heavy atom. The van der Waals surface area contributed by atoms with Gasteiger partial charge in [-0.3, -0.25) is 0 Å². The van der Waals surface area contributed by atoms with E-state index < -0.39 is 0 Å². The molecule has 0 spiro atoms. The first kappa shape index (κ1) is 13.3. The second kappa shape index (κ2) is 5.21. The van der Waals surface area contributed by atoms with Gasteiger partial charge in [-0.15, -0.1) is 0 Å². The van der Waals surface area contributed by atoms with Crippen LogP contribution in [0.4, 0.5) is 0 Å². The highest BCUT2D eigenvalue weighted by Crippen LogP contribution is 2.36. The molecule has 0 aliphatic carbocycles. The molecule has 0 saturated heterocycles. The van der Waals surface area contributed by atoms with E-state index in [0.717, 1.165) is 38.9 Å². The lowest BCUT2D eigenvalue weighted by molar-refractivity contribution is 0.130. The summed E-state index contributed by atoms with van der Waals surface area (Å²) in [5.41, 5.74) is 2.85. The number of hydrogen-bond acceptors (Lipinski definition) is 1. The van der Waals surface area contributed by atoms with Crippen molar-refractivity contribution >= 4 is 32.3 Å². The molecular formula is C22H20O. The molecule has 4 aliphatic heterocycles. The van der Waals surface area contributed by atoms with Crippen molar-refractivity contribution < 1.29 is 4.74 Å². The molecule has 0 fully saturated rings. The van der Waals surface area contributed by atoms with Gasteiger partial charge in [0.25, 0.3) is 0 Å². The zero-order valence-corrected chi connectivity index (χ0v) is 13.3. The Morgan fingerprint density at radius 2 is 0.957 bits per heavy atom. The molecule has 0 aromatic heterocycles. The molecule has 0 amide bonds. The Balaban J connectivity index is 1.87. The summed E-state index contributed by atoms with van der Waals surface area (Å²) in [5, 5.41) is 8.36. The molecule has 1 nitrogen and oxygen atoms in total. The second-order valence-corrected chi connectivity index (χ2v) is 6.78. The number of rotatable bonds is 0. The molecular weight excluding hydrogens is 280 g/mol. The van der Waals surface area contributed by atoms with Crippen LogP contribution in [0.15, 0.2) is 48.5 Å². The number of ether oxygens (including phenoxy) is 1. The normalized spacial score (nSPS) is 16.3. The summed E-state index contributed by atoms with van der Waals surface area (Å²) in [5.74, 6) is 0. The Morgan fingerprint density at radius 3 is 1.35 bits per heavy atom. The maximum Gasteiger partial charge on any atom is 0.0469 e. The summed E-state index contributed by atoms with van der Waals surface area (Å²) >= 11 is 0. The van der Waals surface area contributed by atoms with Gasteiger partial charge in [-0.2, -0.15) is 0 Å². The SMILES string of the molecule is c1cc2cc3cc4ccc5cc(cc1c5c24)CCCOCCC3. The van der Waals surface area contributed by atoms with Crippen molar-refractivity contribution in [1.29, 1.82) is 0 Å². The van der Waals surface area contributed by atoms with Gasteiger partial charge < -0.3 is 4.74 Å². The molecule has 4 heterocycles. The quantitative estimate of drug-likeness (QED) is 0.391. The first-order valence-corrected chi connectivity index (χ1v) is 8.67. The molecule has 4 aromatic carbocycles. The highest BCUT2D eigenvalue weighted by Gasteiger charge is 2.11. The summed E-state index contributed by atoms with van der Waals surface area (Å²) in [6, 6.07) is 18.7. The van der Waals surface area contributed by atoms with Crippen molar-refractivity contribution in [2.24, 2.45) is 0 Å². The van der Waals surface area contributed by atoms with E-state index in [9.17, 15) is 0 Å². The van der Waals surface area contributed by atoms with Crippen LogP contribution in [0, 0.1) is 0 Å². The maximum atomic E-state index is 5.81. The van der Waals surface area contributed by atoms with Gasteiger partial charge in [0.2, 0.25) is 0 Å². The second-order valence-electron chi connectivity index (χ2n) is 6.78. The molecule has 1 heteroatoms. The van der Waals surface area contributed by atoms with E-state index in [1.54, 1.807) is 0 Å². The van der Waals surface area contributed by atoms with Crippen molar-refractivity contribution in [2.45, 2.75) is 25.7 Å². The fraction of sp³-hybridized carbons (Fsp3) is 0.273. The van der Waals surface area contributed by atoms with E-state index in [1.807, 2.05) is 0 Å². The van der Waals surface area contributed by atoms with Crippen LogP contribution in [0.5, 0.6) is 0 Å². The average Bonchev–Trinajstić information content (AvgIpc) is 2.59. The van der Waals surface area contributed by atoms with Gasteiger partial charge in [0.1, 0.15) is 0 Å². The lowest BCUT2D eigenvalue weighted by Crippen LogP contribution is -2.00. The molecule has 0 saturated carbocycles. The molecule has 0 unspecified atom stereocenters. The van der Waals surface area contributed by atoms with E-state index >= 15 is 0 Å². The zero-order chi connectivity index (χ0) is 15.2. The van der Waals surface area contributed by atoms with Crippen LogP contribution in [0.1, 0.15) is 24.0 Å². The van der Waals surface area contributed by atoms with E-state index in [4.69, 9.17) is 4.74 Å². The van der Waals surface area contributed by atoms with Gasteiger partial charge in [0.05, 0.1) is 0 Å². The molecule has 114 valence electrons. The topological polar surface area (TPSA) is 9.23 Å². The van der Waals surface area contributed by atoms with Crippen LogP contribution >= 0.6 is 0 Å². The average molecular weight is 300 g/mol. The summed E-state index contributed by atoms with van der Waals surface area (Å²) in [6.07, 6.45) is 4.40. The molecule has 0 N–H and O–H groups in total. The van der Waals surface area contributed by atoms with Gasteiger partial charge in [-0.05, 0) is 69.1 Å². The molecule has 0 radical (unpaired) electrons. The fourth-order valence-electron chi connectivity index (χ4n) is 4.11. The van der Waals surface area contributed by atoms with Gasteiger partial charge in [-0.1, -0.05) is 48.5 Å². The first-order valence-electron chi connectivity index (χ1n) is 8.67. The predicted molar refractivity (Wildman–Crippen MR) is 97.6 cm³/mol. The predicted octanol–water partition coefficient (Wildman–Crippen LogP) is 5.48. The molecule has 4 aliphatic rings. The van der Waals surface area contributed by atoms with Gasteiger partial charge in [-0.25, -0.2) is 0 Å². The third-order valence-electron chi connectivity index (χ3n) is 5.16. The Kier molecular flexibility index (Phi) is 3.02. The minimum absolute atomic E-state index is 0.868. The number of hydrogen-bond donors (Lipinski definition) is 0. The van der Waals surface area contributed by atoms with Crippen molar-refractivity contribution in [2.75, 3.05) is 13.2 Å². The number of aryl methyl sites for hydroxylation is 2. The van der Waals surface area contributed by atoms with Gasteiger partial charge in [0.15, 0.2) is 0 Å². The smallest absolute Gasteiger partial charge is 0.0469 e. The van der Waals surface area contributed by atoms with Crippen molar-refractivity contribution in [1.82, 2.24) is 0 Å². The summed E-state index contributed by atoms with van der Waals surface area (Å²) < 4.78 is 5.81. The van der Waals surface area contributed by atoms with E-state index in [-0.39, 0.29) is 0 Å². The zero-order valence-electron chi connectivity index (χ0n) is 13.3. The van der Waals surface area contributed by atoms with Crippen molar-refractivity contribution in [3.8, 4) is 0 Å². The Labute approximate surface area is 136 Å². The highest BCUT2D eigenvalue weighted by atomic mass is 16.5. The summed E-state index contributed by atoms with van der Waals surface area (Å²) in [6.45, 7) is 1.74. The van der Waals surface area contributed by atoms with E-state index in [0.29, 0.717) is 0 Å². The lowest BCUT2D eigenvalue weighted by Gasteiger charge is -2.13. The standard InChI is InChI=1S/C22H20O/c1-3-15-11-17-5-7-19-13-16(4-2-10-23-9-1)14-20-8-6-18(12-15)21(17)22(19)20/h5-8,11-14H,1-4,9-10H2. The van der Waals surface area contributed by atoms with Gasteiger partial charge >= 0.3 is 0 Å². The van der Waals surface area contributed by atoms with Crippen LogP contribution in [0.25, 0.3) is 32.3 Å². The highest BCUT2D eigenvalue weighted by molar-refractivity contribution is 6.23. The van der Waals surface area contributed by atoms with Crippen molar-refractivity contribution in [3.63, 3.8) is 0 Å². The molecule has 4 aromatic rings. The molecule has 8 rings (SSSR count). The minimum Gasteiger partial charge on any atom is -0.381 e. The van der Waals surface area contributed by atoms with Crippen LogP contribution in [0.2, 0.25) is 0 Å². The minimum atomic E-state index is 0.868. The monoisotopic (exact) mass is 300 g/mol. The van der Waals surface area contributed by atoms with E-state index in [2.05, 4.69) is 48.5 Å². The van der Waals surface area contributed by atoms with Crippen LogP contribution in [-0.4, -0.2) is 13.2 Å². The first-order chi connectivity index (χ1) is 11.4. The Hall–Kier alpha value is -2.12. The lowest BCUT2D eigenvalue weighted by atomic mass is 9.90. The summed E-state index contributed by atoms with van der Waals surface area (Å²) in [4.78, 5) is 0. The Bertz CT molecular complexity index is 851. The third-order valence-corrected chi connectivity index (χ3v) is 5.16. The van der Waals surface area contributed by atoms with Gasteiger partial charge in [0, 0.05) is 13.2 Å². The maximum absolute atomic E-state index is 5.81. The molecule has 8 bridgehead atoms. The molecule has 23 heavy (non-hydrogen) atoms. The number of benzene rings is 4. The number of fused-ring (bicyclic) bond motifs is 2. The largest absolute Gasteiger partial charge is 0.381 e.